The Morgan fingerprint density at radius 1 is 1.00 bits per heavy atom. The summed E-state index contributed by atoms with van der Waals surface area (Å²) in [5.74, 6) is 1.30. The summed E-state index contributed by atoms with van der Waals surface area (Å²) in [5, 5.41) is 6.16. The fourth-order valence-electron chi connectivity index (χ4n) is 2.99. The summed E-state index contributed by atoms with van der Waals surface area (Å²) in [6.07, 6.45) is 1.74. The highest BCUT2D eigenvalue weighted by atomic mass is 16.1. The molecule has 1 amide bonds. The summed E-state index contributed by atoms with van der Waals surface area (Å²) < 4.78 is 0. The number of amides is 1. The molecule has 2 heterocycles. The molecule has 6 heteroatoms. The Kier molecular flexibility index (Phi) is 5.59. The van der Waals surface area contributed by atoms with Gasteiger partial charge in [0.05, 0.1) is 11.4 Å². The molecule has 28 heavy (non-hydrogen) atoms. The zero-order valence-electron chi connectivity index (χ0n) is 16.9. The van der Waals surface area contributed by atoms with Crippen LogP contribution in [0, 0.1) is 20.8 Å². The van der Waals surface area contributed by atoms with Crippen LogP contribution in [0.3, 0.4) is 0 Å². The molecule has 0 atom stereocenters. The Bertz CT molecular complexity index is 1010. The molecule has 0 aliphatic rings. The van der Waals surface area contributed by atoms with Gasteiger partial charge in [0, 0.05) is 31.5 Å². The van der Waals surface area contributed by atoms with E-state index in [1.54, 1.807) is 6.20 Å². The average molecular weight is 375 g/mol. The molecule has 6 nitrogen and oxygen atoms in total. The van der Waals surface area contributed by atoms with Crippen molar-refractivity contribution < 1.29 is 4.79 Å². The van der Waals surface area contributed by atoms with Crippen molar-refractivity contribution in [2.24, 2.45) is 0 Å². The standard InChI is InChI=1S/C22H25N5O/c1-14-7-6-12-23-21(14)26-20-11-9-18(16(3)24-20)25-22(28)17-8-10-19(27(4)5)15(2)13-17/h6-13H,1-5H3,(H,25,28)(H,23,24,26). The van der Waals surface area contributed by atoms with Gasteiger partial charge in [-0.25, -0.2) is 9.97 Å². The van der Waals surface area contributed by atoms with E-state index in [4.69, 9.17) is 0 Å². The molecule has 3 aromatic rings. The Morgan fingerprint density at radius 3 is 2.43 bits per heavy atom. The van der Waals surface area contributed by atoms with Gasteiger partial charge in [-0.3, -0.25) is 4.79 Å². The van der Waals surface area contributed by atoms with E-state index in [9.17, 15) is 4.79 Å². The van der Waals surface area contributed by atoms with Gasteiger partial charge in [-0.15, -0.1) is 0 Å². The van der Waals surface area contributed by atoms with Gasteiger partial charge in [0.15, 0.2) is 0 Å². The van der Waals surface area contributed by atoms with Crippen LogP contribution in [0.2, 0.25) is 0 Å². The summed E-state index contributed by atoms with van der Waals surface area (Å²) in [7, 11) is 3.97. The largest absolute Gasteiger partial charge is 0.377 e. The smallest absolute Gasteiger partial charge is 0.255 e. The van der Waals surface area contributed by atoms with Crippen molar-refractivity contribution >= 4 is 28.9 Å². The molecule has 3 rings (SSSR count). The van der Waals surface area contributed by atoms with Gasteiger partial charge in [0.1, 0.15) is 11.6 Å². The number of benzene rings is 1. The average Bonchev–Trinajstić information content (AvgIpc) is 2.65. The van der Waals surface area contributed by atoms with Crippen molar-refractivity contribution in [2.75, 3.05) is 29.6 Å². The van der Waals surface area contributed by atoms with E-state index in [-0.39, 0.29) is 5.91 Å². The normalized spacial score (nSPS) is 10.5. The maximum absolute atomic E-state index is 12.6. The highest BCUT2D eigenvalue weighted by molar-refractivity contribution is 6.05. The topological polar surface area (TPSA) is 70.1 Å². The second kappa shape index (κ2) is 8.08. The van der Waals surface area contributed by atoms with Gasteiger partial charge < -0.3 is 15.5 Å². The lowest BCUT2D eigenvalue weighted by Crippen LogP contribution is -2.15. The van der Waals surface area contributed by atoms with Crippen LogP contribution < -0.4 is 15.5 Å². The highest BCUT2D eigenvalue weighted by Crippen LogP contribution is 2.22. The third kappa shape index (κ3) is 4.28. The van der Waals surface area contributed by atoms with Crippen LogP contribution in [-0.2, 0) is 0 Å². The Balaban J connectivity index is 1.75. The summed E-state index contributed by atoms with van der Waals surface area (Å²) in [4.78, 5) is 23.5. The molecule has 0 fully saturated rings. The van der Waals surface area contributed by atoms with E-state index in [1.807, 2.05) is 82.2 Å². The zero-order valence-corrected chi connectivity index (χ0v) is 16.9. The Morgan fingerprint density at radius 2 is 1.79 bits per heavy atom. The van der Waals surface area contributed by atoms with Gasteiger partial charge in [-0.05, 0) is 68.3 Å². The quantitative estimate of drug-likeness (QED) is 0.689. The summed E-state index contributed by atoms with van der Waals surface area (Å²) in [5.41, 5.74) is 5.22. The number of nitrogens with zero attached hydrogens (tertiary/aromatic N) is 3. The van der Waals surface area contributed by atoms with Crippen LogP contribution in [0.25, 0.3) is 0 Å². The lowest BCUT2D eigenvalue weighted by molar-refractivity contribution is 0.102. The summed E-state index contributed by atoms with van der Waals surface area (Å²) in [6, 6.07) is 13.2. The molecule has 0 unspecified atom stereocenters. The monoisotopic (exact) mass is 375 g/mol. The van der Waals surface area contributed by atoms with Gasteiger partial charge in [-0.1, -0.05) is 6.07 Å². The van der Waals surface area contributed by atoms with Gasteiger partial charge in [0.2, 0.25) is 0 Å². The summed E-state index contributed by atoms with van der Waals surface area (Å²) in [6.45, 7) is 5.85. The lowest BCUT2D eigenvalue weighted by Gasteiger charge is -2.16. The molecular formula is C22H25N5O. The number of aryl methyl sites for hydroxylation is 3. The molecule has 0 aliphatic carbocycles. The first kappa shape index (κ1) is 19.4. The zero-order chi connectivity index (χ0) is 20.3. The van der Waals surface area contributed by atoms with Crippen LogP contribution >= 0.6 is 0 Å². The SMILES string of the molecule is Cc1cc(C(=O)Nc2ccc(Nc3ncccc3C)nc2C)ccc1N(C)C. The van der Waals surface area contributed by atoms with Gasteiger partial charge >= 0.3 is 0 Å². The number of anilines is 4. The van der Waals surface area contributed by atoms with Crippen molar-refractivity contribution in [2.45, 2.75) is 20.8 Å². The predicted octanol–water partition coefficient (Wildman–Crippen LogP) is 4.46. The number of nitrogens with one attached hydrogen (secondary N) is 2. The number of carbonyl (C=O) groups excluding carboxylic acids is 1. The number of rotatable bonds is 5. The molecule has 2 N–H and O–H groups in total. The van der Waals surface area contributed by atoms with Crippen LogP contribution in [0.1, 0.15) is 27.2 Å². The molecule has 0 radical (unpaired) electrons. The van der Waals surface area contributed by atoms with Crippen LogP contribution in [-0.4, -0.2) is 30.0 Å². The Hall–Kier alpha value is -3.41. The number of aromatic nitrogens is 2. The molecule has 1 aromatic carbocycles. The fourth-order valence-corrected chi connectivity index (χ4v) is 2.99. The first-order valence-electron chi connectivity index (χ1n) is 9.11. The lowest BCUT2D eigenvalue weighted by atomic mass is 10.1. The minimum absolute atomic E-state index is 0.153. The van der Waals surface area contributed by atoms with Crippen LogP contribution in [0.15, 0.2) is 48.7 Å². The summed E-state index contributed by atoms with van der Waals surface area (Å²) >= 11 is 0. The first-order chi connectivity index (χ1) is 13.3. The molecule has 2 aromatic heterocycles. The molecular weight excluding hydrogens is 350 g/mol. The fraction of sp³-hybridized carbons (Fsp3) is 0.227. The minimum Gasteiger partial charge on any atom is -0.377 e. The van der Waals surface area contributed by atoms with Crippen molar-refractivity contribution in [1.29, 1.82) is 0 Å². The molecule has 0 saturated carbocycles. The predicted molar refractivity (Wildman–Crippen MR) is 115 cm³/mol. The van der Waals surface area contributed by atoms with Crippen molar-refractivity contribution in [3.8, 4) is 0 Å². The minimum atomic E-state index is -0.153. The number of hydrogen-bond acceptors (Lipinski definition) is 5. The van der Waals surface area contributed by atoms with Crippen molar-refractivity contribution in [1.82, 2.24) is 9.97 Å². The second-order valence-corrected chi connectivity index (χ2v) is 6.97. The van der Waals surface area contributed by atoms with Crippen LogP contribution in [0.5, 0.6) is 0 Å². The molecule has 0 spiro atoms. The number of hydrogen-bond donors (Lipinski definition) is 2. The highest BCUT2D eigenvalue weighted by Gasteiger charge is 2.11. The molecule has 0 aliphatic heterocycles. The molecule has 0 saturated heterocycles. The van der Waals surface area contributed by atoms with E-state index in [1.165, 1.54) is 0 Å². The van der Waals surface area contributed by atoms with Crippen molar-refractivity contribution in [3.05, 3.63) is 71.0 Å². The second-order valence-electron chi connectivity index (χ2n) is 6.97. The van der Waals surface area contributed by atoms with Crippen molar-refractivity contribution in [3.63, 3.8) is 0 Å². The van der Waals surface area contributed by atoms with E-state index >= 15 is 0 Å². The van der Waals surface area contributed by atoms with Gasteiger partial charge in [-0.2, -0.15) is 0 Å². The van der Waals surface area contributed by atoms with E-state index in [0.717, 1.165) is 28.3 Å². The van der Waals surface area contributed by atoms with Crippen LogP contribution in [0.4, 0.5) is 23.0 Å². The molecule has 144 valence electrons. The molecule has 0 bridgehead atoms. The van der Waals surface area contributed by atoms with E-state index in [2.05, 4.69) is 20.6 Å². The Labute approximate surface area is 165 Å². The maximum Gasteiger partial charge on any atom is 0.255 e. The maximum atomic E-state index is 12.6. The third-order valence-corrected chi connectivity index (χ3v) is 4.53. The third-order valence-electron chi connectivity index (χ3n) is 4.53. The first-order valence-corrected chi connectivity index (χ1v) is 9.11. The van der Waals surface area contributed by atoms with Gasteiger partial charge in [0.25, 0.3) is 5.91 Å². The van der Waals surface area contributed by atoms with E-state index < -0.39 is 0 Å². The number of pyridine rings is 2. The van der Waals surface area contributed by atoms with E-state index in [0.29, 0.717) is 17.1 Å². The number of carbonyl (C=O) groups is 1.